The normalized spacial score (nSPS) is 18.4. The van der Waals surface area contributed by atoms with Crippen LogP contribution >= 0.6 is 0 Å². The molecule has 0 aliphatic carbocycles. The van der Waals surface area contributed by atoms with Gasteiger partial charge in [-0.1, -0.05) is 17.3 Å². The summed E-state index contributed by atoms with van der Waals surface area (Å²) in [6, 6.07) is 6.63. The summed E-state index contributed by atoms with van der Waals surface area (Å²) in [5.41, 5.74) is 8.87. The number of amidine groups is 1. The highest BCUT2D eigenvalue weighted by Gasteiger charge is 2.20. The number of likely N-dealkylation sites (tertiary alicyclic amines) is 1. The second kappa shape index (κ2) is 6.91. The highest BCUT2D eigenvalue weighted by molar-refractivity contribution is 5.97. The molecule has 1 saturated heterocycles. The van der Waals surface area contributed by atoms with Crippen molar-refractivity contribution < 1.29 is 5.21 Å². The fourth-order valence-corrected chi connectivity index (χ4v) is 2.92. The Kier molecular flexibility index (Phi) is 5.20. The largest absolute Gasteiger partial charge is 0.409 e. The number of piperidine rings is 1. The Hall–Kier alpha value is -1.59. The first-order valence-electron chi connectivity index (χ1n) is 7.47. The van der Waals surface area contributed by atoms with Crippen LogP contribution in [0.15, 0.2) is 23.4 Å². The predicted octanol–water partition coefficient (Wildman–Crippen LogP) is 1.62. The molecule has 21 heavy (non-hydrogen) atoms. The maximum absolute atomic E-state index is 8.74. The Morgan fingerprint density at radius 2 is 2.10 bits per heavy atom. The Morgan fingerprint density at radius 3 is 2.67 bits per heavy atom. The van der Waals surface area contributed by atoms with E-state index in [0.29, 0.717) is 6.04 Å². The molecule has 0 unspecified atom stereocenters. The third kappa shape index (κ3) is 3.95. The average Bonchev–Trinajstić information content (AvgIpc) is 2.49. The van der Waals surface area contributed by atoms with Crippen LogP contribution in [-0.2, 0) is 6.54 Å². The summed E-state index contributed by atoms with van der Waals surface area (Å²) in [5.74, 6) is 0.160. The van der Waals surface area contributed by atoms with Gasteiger partial charge in [-0.2, -0.15) is 0 Å². The lowest BCUT2D eigenvalue weighted by Gasteiger charge is -2.35. The highest BCUT2D eigenvalue weighted by atomic mass is 16.4. The third-order valence-corrected chi connectivity index (χ3v) is 4.48. The van der Waals surface area contributed by atoms with Crippen molar-refractivity contribution in [2.45, 2.75) is 32.4 Å². The van der Waals surface area contributed by atoms with Crippen molar-refractivity contribution in [3.63, 3.8) is 0 Å². The molecule has 0 saturated carbocycles. The van der Waals surface area contributed by atoms with Crippen molar-refractivity contribution in [3.05, 3.63) is 34.9 Å². The van der Waals surface area contributed by atoms with Crippen LogP contribution in [0.2, 0.25) is 0 Å². The molecule has 116 valence electrons. The molecule has 0 aromatic heterocycles. The van der Waals surface area contributed by atoms with Crippen molar-refractivity contribution >= 4 is 5.84 Å². The van der Waals surface area contributed by atoms with Crippen LogP contribution in [0.4, 0.5) is 0 Å². The van der Waals surface area contributed by atoms with Crippen molar-refractivity contribution in [1.29, 1.82) is 0 Å². The molecule has 0 radical (unpaired) electrons. The maximum Gasteiger partial charge on any atom is 0.170 e. The maximum atomic E-state index is 8.74. The van der Waals surface area contributed by atoms with Gasteiger partial charge in [0.25, 0.3) is 0 Å². The lowest BCUT2D eigenvalue weighted by atomic mass is 10.0. The molecule has 1 aliphatic heterocycles. The van der Waals surface area contributed by atoms with Gasteiger partial charge in [0.05, 0.1) is 0 Å². The van der Waals surface area contributed by atoms with Crippen LogP contribution in [0.25, 0.3) is 0 Å². The highest BCUT2D eigenvalue weighted by Crippen LogP contribution is 2.19. The lowest BCUT2D eigenvalue weighted by Crippen LogP contribution is -2.41. The molecule has 1 heterocycles. The molecule has 0 bridgehead atoms. The fraction of sp³-hybridized carbons (Fsp3) is 0.562. The SMILES string of the molecule is Cc1cc(/C(N)=N/O)ccc1CN(C)C1CCN(C)CC1. The topological polar surface area (TPSA) is 65.1 Å². The summed E-state index contributed by atoms with van der Waals surface area (Å²) in [7, 11) is 4.39. The number of hydrogen-bond acceptors (Lipinski definition) is 4. The van der Waals surface area contributed by atoms with Crippen LogP contribution in [0.1, 0.15) is 29.5 Å². The monoisotopic (exact) mass is 290 g/mol. The zero-order valence-corrected chi connectivity index (χ0v) is 13.2. The molecule has 0 amide bonds. The second-order valence-electron chi connectivity index (χ2n) is 6.08. The number of benzene rings is 1. The summed E-state index contributed by atoms with van der Waals surface area (Å²) >= 11 is 0. The van der Waals surface area contributed by atoms with Crippen LogP contribution < -0.4 is 5.73 Å². The molecule has 1 aromatic carbocycles. The van der Waals surface area contributed by atoms with Crippen molar-refractivity contribution in [3.8, 4) is 0 Å². The van der Waals surface area contributed by atoms with Gasteiger partial charge in [0.15, 0.2) is 5.84 Å². The van der Waals surface area contributed by atoms with Gasteiger partial charge in [-0.15, -0.1) is 0 Å². The van der Waals surface area contributed by atoms with E-state index in [2.05, 4.69) is 42.0 Å². The number of rotatable bonds is 4. The summed E-state index contributed by atoms with van der Waals surface area (Å²) in [6.07, 6.45) is 2.46. The van der Waals surface area contributed by atoms with Gasteiger partial charge in [0, 0.05) is 18.2 Å². The summed E-state index contributed by atoms with van der Waals surface area (Å²) in [4.78, 5) is 4.83. The molecule has 1 aromatic rings. The van der Waals surface area contributed by atoms with E-state index in [4.69, 9.17) is 10.9 Å². The Bertz CT molecular complexity index is 507. The Balaban J connectivity index is 2.02. The minimum Gasteiger partial charge on any atom is -0.409 e. The first kappa shape index (κ1) is 15.8. The third-order valence-electron chi connectivity index (χ3n) is 4.48. The number of hydrogen-bond donors (Lipinski definition) is 2. The second-order valence-corrected chi connectivity index (χ2v) is 6.08. The number of aryl methyl sites for hydroxylation is 1. The summed E-state index contributed by atoms with van der Waals surface area (Å²) in [6.45, 7) is 5.37. The molecule has 0 spiro atoms. The van der Waals surface area contributed by atoms with Gasteiger partial charge in [0.1, 0.15) is 0 Å². The molecule has 2 rings (SSSR count). The first-order valence-corrected chi connectivity index (χ1v) is 7.47. The first-order chi connectivity index (χ1) is 10.0. The summed E-state index contributed by atoms with van der Waals surface area (Å²) < 4.78 is 0. The van der Waals surface area contributed by atoms with E-state index in [0.717, 1.165) is 12.1 Å². The lowest BCUT2D eigenvalue weighted by molar-refractivity contribution is 0.139. The number of nitrogens with two attached hydrogens (primary N) is 1. The quantitative estimate of drug-likeness (QED) is 0.383. The van der Waals surface area contributed by atoms with E-state index in [-0.39, 0.29) is 5.84 Å². The van der Waals surface area contributed by atoms with Gasteiger partial charge >= 0.3 is 0 Å². The van der Waals surface area contributed by atoms with Crippen LogP contribution in [0.3, 0.4) is 0 Å². The Labute approximate surface area is 127 Å². The zero-order valence-electron chi connectivity index (χ0n) is 13.2. The fourth-order valence-electron chi connectivity index (χ4n) is 2.92. The molecular formula is C16H26N4O. The molecular weight excluding hydrogens is 264 g/mol. The van der Waals surface area contributed by atoms with E-state index in [1.54, 1.807) is 0 Å². The van der Waals surface area contributed by atoms with Gasteiger partial charge in [0.2, 0.25) is 0 Å². The van der Waals surface area contributed by atoms with Crippen LogP contribution in [0, 0.1) is 6.92 Å². The number of oxime groups is 1. The van der Waals surface area contributed by atoms with Crippen molar-refractivity contribution in [1.82, 2.24) is 9.80 Å². The standard InChI is InChI=1S/C16H26N4O/c1-12-10-13(16(17)18-21)4-5-14(12)11-20(3)15-6-8-19(2)9-7-15/h4-5,10,15,21H,6-9,11H2,1-3H3,(H2,17,18). The molecule has 1 fully saturated rings. The van der Waals surface area contributed by atoms with E-state index in [9.17, 15) is 0 Å². The molecule has 0 atom stereocenters. The molecule has 3 N–H and O–H groups in total. The van der Waals surface area contributed by atoms with Crippen LogP contribution in [-0.4, -0.2) is 54.1 Å². The van der Waals surface area contributed by atoms with Crippen LogP contribution in [0.5, 0.6) is 0 Å². The number of nitrogens with zero attached hydrogens (tertiary/aromatic N) is 3. The summed E-state index contributed by atoms with van der Waals surface area (Å²) in [5, 5.41) is 11.8. The van der Waals surface area contributed by atoms with Crippen molar-refractivity contribution in [2.24, 2.45) is 10.9 Å². The van der Waals surface area contributed by atoms with Gasteiger partial charge < -0.3 is 15.8 Å². The minimum atomic E-state index is 0.160. The van der Waals surface area contributed by atoms with Gasteiger partial charge in [-0.3, -0.25) is 4.90 Å². The minimum absolute atomic E-state index is 0.160. The van der Waals surface area contributed by atoms with Gasteiger partial charge in [-0.25, -0.2) is 0 Å². The molecule has 1 aliphatic rings. The molecule has 5 heteroatoms. The smallest absolute Gasteiger partial charge is 0.170 e. The van der Waals surface area contributed by atoms with E-state index in [1.807, 2.05) is 12.1 Å². The Morgan fingerprint density at radius 1 is 1.43 bits per heavy atom. The van der Waals surface area contributed by atoms with E-state index in [1.165, 1.54) is 37.1 Å². The van der Waals surface area contributed by atoms with Crippen molar-refractivity contribution in [2.75, 3.05) is 27.2 Å². The zero-order chi connectivity index (χ0) is 15.4. The van der Waals surface area contributed by atoms with E-state index >= 15 is 0 Å². The van der Waals surface area contributed by atoms with E-state index < -0.39 is 0 Å². The van der Waals surface area contributed by atoms with Gasteiger partial charge in [-0.05, 0) is 64.1 Å². The molecule has 5 nitrogen and oxygen atoms in total. The predicted molar refractivity (Wildman–Crippen MR) is 85.7 cm³/mol. The average molecular weight is 290 g/mol.